The lowest BCUT2D eigenvalue weighted by Crippen LogP contribution is -2.54. The highest BCUT2D eigenvalue weighted by atomic mass is 16.5. The van der Waals surface area contributed by atoms with Gasteiger partial charge < -0.3 is 20.3 Å². The second-order valence-electron chi connectivity index (χ2n) is 7.41. The maximum atomic E-state index is 13.0. The molecule has 2 N–H and O–H groups in total. The van der Waals surface area contributed by atoms with E-state index in [1.165, 1.54) is 0 Å². The molecule has 8 heteroatoms. The molecule has 2 aromatic rings. The molecule has 3 heterocycles. The number of hydrogen-bond donors (Lipinski definition) is 2. The van der Waals surface area contributed by atoms with Gasteiger partial charge in [0.25, 0.3) is 5.91 Å². The van der Waals surface area contributed by atoms with E-state index in [9.17, 15) is 9.59 Å². The summed E-state index contributed by atoms with van der Waals surface area (Å²) in [5.41, 5.74) is 1.26. The molecule has 0 atom stereocenters. The Morgan fingerprint density at radius 2 is 1.86 bits per heavy atom. The van der Waals surface area contributed by atoms with Gasteiger partial charge in [-0.15, -0.1) is 0 Å². The summed E-state index contributed by atoms with van der Waals surface area (Å²) in [7, 11) is 0. The summed E-state index contributed by atoms with van der Waals surface area (Å²) in [5, 5.41) is 6.01. The van der Waals surface area contributed by atoms with Gasteiger partial charge >= 0.3 is 0 Å². The highest BCUT2D eigenvalue weighted by Crippen LogP contribution is 2.37. The quantitative estimate of drug-likeness (QED) is 0.692. The average Bonchev–Trinajstić information content (AvgIpc) is 3.10. The van der Waals surface area contributed by atoms with Crippen LogP contribution in [0.25, 0.3) is 0 Å². The van der Waals surface area contributed by atoms with Gasteiger partial charge in [0.2, 0.25) is 11.9 Å². The zero-order valence-electron chi connectivity index (χ0n) is 16.3. The molecule has 1 saturated heterocycles. The van der Waals surface area contributed by atoms with E-state index in [0.29, 0.717) is 51.6 Å². The van der Waals surface area contributed by atoms with Gasteiger partial charge in [0, 0.05) is 50.8 Å². The van der Waals surface area contributed by atoms with Crippen LogP contribution < -0.4 is 10.6 Å². The van der Waals surface area contributed by atoms with Crippen molar-refractivity contribution in [1.82, 2.24) is 20.2 Å². The van der Waals surface area contributed by atoms with E-state index in [1.807, 2.05) is 29.2 Å². The third-order valence-electron chi connectivity index (χ3n) is 5.60. The van der Waals surface area contributed by atoms with Gasteiger partial charge in [0.1, 0.15) is 0 Å². The van der Waals surface area contributed by atoms with E-state index in [1.54, 1.807) is 18.5 Å². The molecule has 1 aromatic carbocycles. The zero-order chi connectivity index (χ0) is 20.1. The van der Waals surface area contributed by atoms with Gasteiger partial charge in [-0.3, -0.25) is 9.59 Å². The fraction of sp³-hybridized carbons (Fsp3) is 0.429. The Balaban J connectivity index is 1.37. The SMILES string of the molecule is O=C(CC1(N2Cc3ccccc3C2=O)CCOCC1)NCCNc1ncccn1. The van der Waals surface area contributed by atoms with Crippen molar-refractivity contribution in [2.75, 3.05) is 31.6 Å². The number of hydrogen-bond acceptors (Lipinski definition) is 6. The first-order chi connectivity index (χ1) is 14.2. The third-order valence-corrected chi connectivity index (χ3v) is 5.60. The van der Waals surface area contributed by atoms with Crippen LogP contribution >= 0.6 is 0 Å². The summed E-state index contributed by atoms with van der Waals surface area (Å²) in [4.78, 5) is 35.8. The van der Waals surface area contributed by atoms with Gasteiger partial charge in [-0.05, 0) is 30.5 Å². The zero-order valence-corrected chi connectivity index (χ0v) is 16.3. The Morgan fingerprint density at radius 1 is 1.10 bits per heavy atom. The number of aromatic nitrogens is 2. The fourth-order valence-electron chi connectivity index (χ4n) is 4.06. The van der Waals surface area contributed by atoms with E-state index >= 15 is 0 Å². The topological polar surface area (TPSA) is 96.5 Å². The van der Waals surface area contributed by atoms with Crippen molar-refractivity contribution in [3.8, 4) is 0 Å². The molecule has 0 saturated carbocycles. The van der Waals surface area contributed by atoms with Crippen LogP contribution in [0.4, 0.5) is 5.95 Å². The predicted molar refractivity (Wildman–Crippen MR) is 107 cm³/mol. The monoisotopic (exact) mass is 395 g/mol. The van der Waals surface area contributed by atoms with Crippen LogP contribution in [0.15, 0.2) is 42.7 Å². The lowest BCUT2D eigenvalue weighted by molar-refractivity contribution is -0.125. The van der Waals surface area contributed by atoms with E-state index in [0.717, 1.165) is 11.1 Å². The molecule has 0 bridgehead atoms. The number of carbonyl (C=O) groups is 2. The van der Waals surface area contributed by atoms with E-state index in [4.69, 9.17) is 4.74 Å². The molecule has 29 heavy (non-hydrogen) atoms. The predicted octanol–water partition coefficient (Wildman–Crippen LogP) is 1.60. The van der Waals surface area contributed by atoms with Crippen molar-refractivity contribution in [3.05, 3.63) is 53.9 Å². The van der Waals surface area contributed by atoms with Crippen LogP contribution in [0.1, 0.15) is 35.2 Å². The van der Waals surface area contributed by atoms with E-state index in [-0.39, 0.29) is 18.2 Å². The number of ether oxygens (including phenoxy) is 1. The fourth-order valence-corrected chi connectivity index (χ4v) is 4.06. The summed E-state index contributed by atoms with van der Waals surface area (Å²) >= 11 is 0. The highest BCUT2D eigenvalue weighted by molar-refractivity contribution is 5.99. The van der Waals surface area contributed by atoms with E-state index in [2.05, 4.69) is 20.6 Å². The average molecular weight is 395 g/mol. The minimum absolute atomic E-state index is 0.0122. The van der Waals surface area contributed by atoms with Gasteiger partial charge in [0.05, 0.1) is 12.0 Å². The molecule has 0 radical (unpaired) electrons. The van der Waals surface area contributed by atoms with Gasteiger partial charge in [-0.25, -0.2) is 9.97 Å². The molecular weight excluding hydrogens is 370 g/mol. The Hall–Kier alpha value is -3.00. The molecular formula is C21H25N5O3. The molecule has 1 aromatic heterocycles. The standard InChI is InChI=1S/C21H25N5O3/c27-18(22-10-11-25-20-23-8-3-9-24-20)14-21(6-12-29-13-7-21)26-15-16-4-1-2-5-17(16)19(26)28/h1-5,8-9H,6-7,10-15H2,(H,22,27)(H,23,24,25). The van der Waals surface area contributed by atoms with Crippen molar-refractivity contribution in [1.29, 1.82) is 0 Å². The molecule has 0 spiro atoms. The molecule has 152 valence electrons. The third kappa shape index (κ3) is 4.22. The Morgan fingerprint density at radius 3 is 2.62 bits per heavy atom. The van der Waals surface area contributed by atoms with Crippen molar-refractivity contribution in [3.63, 3.8) is 0 Å². The summed E-state index contributed by atoms with van der Waals surface area (Å²) in [5.74, 6) is 0.479. The van der Waals surface area contributed by atoms with Crippen LogP contribution in [-0.2, 0) is 16.1 Å². The number of nitrogens with zero attached hydrogens (tertiary/aromatic N) is 3. The second kappa shape index (κ2) is 8.57. The number of amides is 2. The first-order valence-corrected chi connectivity index (χ1v) is 9.93. The first-order valence-electron chi connectivity index (χ1n) is 9.93. The summed E-state index contributed by atoms with van der Waals surface area (Å²) < 4.78 is 5.53. The Kier molecular flexibility index (Phi) is 5.71. The molecule has 2 aliphatic rings. The summed E-state index contributed by atoms with van der Waals surface area (Å²) in [6, 6.07) is 9.42. The van der Waals surface area contributed by atoms with Crippen molar-refractivity contribution in [2.45, 2.75) is 31.3 Å². The van der Waals surface area contributed by atoms with Crippen molar-refractivity contribution in [2.24, 2.45) is 0 Å². The lowest BCUT2D eigenvalue weighted by atomic mass is 9.84. The highest BCUT2D eigenvalue weighted by Gasteiger charge is 2.45. The van der Waals surface area contributed by atoms with Crippen LogP contribution in [-0.4, -0.2) is 58.5 Å². The number of anilines is 1. The Bertz CT molecular complexity index is 868. The van der Waals surface area contributed by atoms with Gasteiger partial charge in [-0.1, -0.05) is 18.2 Å². The summed E-state index contributed by atoms with van der Waals surface area (Å²) in [6.07, 6.45) is 4.92. The number of fused-ring (bicyclic) bond motifs is 1. The normalized spacial score (nSPS) is 17.7. The largest absolute Gasteiger partial charge is 0.381 e. The smallest absolute Gasteiger partial charge is 0.254 e. The van der Waals surface area contributed by atoms with Crippen LogP contribution in [0.3, 0.4) is 0 Å². The molecule has 4 rings (SSSR count). The minimum Gasteiger partial charge on any atom is -0.381 e. The molecule has 8 nitrogen and oxygen atoms in total. The van der Waals surface area contributed by atoms with Gasteiger partial charge in [-0.2, -0.15) is 0 Å². The Labute approximate surface area is 169 Å². The van der Waals surface area contributed by atoms with Gasteiger partial charge in [0.15, 0.2) is 0 Å². The number of benzene rings is 1. The molecule has 2 amide bonds. The van der Waals surface area contributed by atoms with Crippen LogP contribution in [0, 0.1) is 0 Å². The molecule has 1 fully saturated rings. The first kappa shape index (κ1) is 19.3. The van der Waals surface area contributed by atoms with Crippen molar-refractivity contribution >= 4 is 17.8 Å². The number of rotatable bonds is 7. The van der Waals surface area contributed by atoms with E-state index < -0.39 is 5.54 Å². The minimum atomic E-state index is -0.506. The van der Waals surface area contributed by atoms with Crippen molar-refractivity contribution < 1.29 is 14.3 Å². The van der Waals surface area contributed by atoms with Crippen LogP contribution in [0.5, 0.6) is 0 Å². The molecule has 0 aliphatic carbocycles. The maximum absolute atomic E-state index is 13.0. The molecule has 0 unspecified atom stereocenters. The number of nitrogens with one attached hydrogen (secondary N) is 2. The van der Waals surface area contributed by atoms with Crippen LogP contribution in [0.2, 0.25) is 0 Å². The molecule has 2 aliphatic heterocycles. The second-order valence-corrected chi connectivity index (χ2v) is 7.41. The summed E-state index contributed by atoms with van der Waals surface area (Å²) in [6.45, 7) is 2.65. The maximum Gasteiger partial charge on any atom is 0.254 e. The lowest BCUT2D eigenvalue weighted by Gasteiger charge is -2.44. The number of carbonyl (C=O) groups excluding carboxylic acids is 2.